The Balaban J connectivity index is 1.48. The zero-order chi connectivity index (χ0) is 27.7. The summed E-state index contributed by atoms with van der Waals surface area (Å²) in [5.74, 6) is 1.54. The zero-order valence-electron chi connectivity index (χ0n) is 20.9. The van der Waals surface area contributed by atoms with Gasteiger partial charge in [0.15, 0.2) is 11.5 Å². The summed E-state index contributed by atoms with van der Waals surface area (Å²) in [6.07, 6.45) is 2.08. The Labute approximate surface area is 236 Å². The molecule has 5 rings (SSSR count). The first-order valence-corrected chi connectivity index (χ1v) is 13.2. The second-order valence-corrected chi connectivity index (χ2v) is 10.2. The summed E-state index contributed by atoms with van der Waals surface area (Å²) in [6, 6.07) is 13.3. The highest BCUT2D eigenvalue weighted by molar-refractivity contribution is 9.10. The summed E-state index contributed by atoms with van der Waals surface area (Å²) in [6.45, 7) is 4.10. The molecule has 200 valence electrons. The molecule has 1 aliphatic rings. The molecule has 1 atom stereocenters. The first-order chi connectivity index (χ1) is 18.7. The van der Waals surface area contributed by atoms with Crippen LogP contribution in [-0.4, -0.2) is 27.6 Å². The Bertz CT molecular complexity index is 1690. The Morgan fingerprint density at radius 3 is 2.79 bits per heavy atom. The highest BCUT2D eigenvalue weighted by Crippen LogP contribution is 2.37. The number of nitro benzene ring substituents is 1. The third kappa shape index (κ3) is 5.45. The van der Waals surface area contributed by atoms with Crippen LogP contribution in [-0.2, 0) is 6.61 Å². The molecular formula is C27H22BrClN4O6. The number of ether oxygens (including phenoxy) is 3. The molecular weight excluding hydrogens is 592 g/mol. The normalized spacial score (nSPS) is 13.2. The van der Waals surface area contributed by atoms with E-state index >= 15 is 0 Å². The number of nitro groups is 1. The minimum absolute atomic E-state index is 0.0244. The topological polar surface area (TPSA) is 118 Å². The van der Waals surface area contributed by atoms with E-state index in [2.05, 4.69) is 26.0 Å². The van der Waals surface area contributed by atoms with Crippen LogP contribution in [0.5, 0.6) is 17.2 Å². The highest BCUT2D eigenvalue weighted by Gasteiger charge is 2.22. The van der Waals surface area contributed by atoms with Crippen LogP contribution in [0.2, 0.25) is 5.02 Å². The highest BCUT2D eigenvalue weighted by atomic mass is 79.9. The lowest BCUT2D eigenvalue weighted by Crippen LogP contribution is -2.23. The standard InChI is InChI=1S/C27H22BrClN4O6/c1-3-15(2)26-31-21-6-5-18(28)11-19(21)27(34)32(26)30-12-17-8-20(29)25(22(9-17)33(35)36)37-13-16-4-7-23-24(10-16)39-14-38-23/h4-12,15H,3,13-14H2,1-2H3/t15-/m0/s1. The lowest BCUT2D eigenvalue weighted by molar-refractivity contribution is -0.385. The molecule has 0 radical (unpaired) electrons. The van der Waals surface area contributed by atoms with E-state index in [0.717, 1.165) is 16.5 Å². The van der Waals surface area contributed by atoms with E-state index in [1.165, 1.54) is 23.0 Å². The van der Waals surface area contributed by atoms with Crippen molar-refractivity contribution in [1.82, 2.24) is 9.66 Å². The molecule has 3 aromatic carbocycles. The van der Waals surface area contributed by atoms with Gasteiger partial charge in [-0.25, -0.2) is 4.98 Å². The number of fused-ring (bicyclic) bond motifs is 2. The molecule has 0 unspecified atom stereocenters. The minimum atomic E-state index is -0.579. The second kappa shape index (κ2) is 11.0. The Morgan fingerprint density at radius 2 is 2.03 bits per heavy atom. The molecule has 12 heteroatoms. The van der Waals surface area contributed by atoms with Crippen molar-refractivity contribution in [3.05, 3.63) is 95.4 Å². The van der Waals surface area contributed by atoms with Crippen molar-refractivity contribution in [3.63, 3.8) is 0 Å². The van der Waals surface area contributed by atoms with Gasteiger partial charge in [-0.15, -0.1) is 0 Å². The Morgan fingerprint density at radius 1 is 1.23 bits per heavy atom. The fourth-order valence-electron chi connectivity index (χ4n) is 4.04. The molecule has 1 aromatic heterocycles. The summed E-state index contributed by atoms with van der Waals surface area (Å²) < 4.78 is 18.4. The van der Waals surface area contributed by atoms with Crippen LogP contribution >= 0.6 is 27.5 Å². The largest absolute Gasteiger partial charge is 0.481 e. The van der Waals surface area contributed by atoms with E-state index < -0.39 is 4.92 Å². The molecule has 0 spiro atoms. The molecule has 0 bridgehead atoms. The van der Waals surface area contributed by atoms with Gasteiger partial charge in [-0.1, -0.05) is 47.4 Å². The van der Waals surface area contributed by atoms with E-state index in [9.17, 15) is 14.9 Å². The predicted octanol–water partition coefficient (Wildman–Crippen LogP) is 6.42. The zero-order valence-corrected chi connectivity index (χ0v) is 23.2. The summed E-state index contributed by atoms with van der Waals surface area (Å²) in [5, 5.41) is 16.7. The molecule has 39 heavy (non-hydrogen) atoms. The molecule has 0 aliphatic carbocycles. The Kier molecular flexibility index (Phi) is 7.53. The van der Waals surface area contributed by atoms with Crippen LogP contribution < -0.4 is 19.8 Å². The van der Waals surface area contributed by atoms with Crippen LogP contribution in [0.1, 0.15) is 43.1 Å². The van der Waals surface area contributed by atoms with Gasteiger partial charge < -0.3 is 14.2 Å². The minimum Gasteiger partial charge on any atom is -0.481 e. The third-order valence-electron chi connectivity index (χ3n) is 6.27. The summed E-state index contributed by atoms with van der Waals surface area (Å²) in [5.41, 5.74) is 0.922. The second-order valence-electron chi connectivity index (χ2n) is 8.89. The molecule has 4 aromatic rings. The fourth-order valence-corrected chi connectivity index (χ4v) is 4.68. The van der Waals surface area contributed by atoms with Gasteiger partial charge in [-0.3, -0.25) is 14.9 Å². The number of aromatic nitrogens is 2. The number of hydrogen-bond donors (Lipinski definition) is 0. The molecule has 0 saturated heterocycles. The fraction of sp³-hybridized carbons (Fsp3) is 0.222. The van der Waals surface area contributed by atoms with Crippen molar-refractivity contribution in [2.24, 2.45) is 5.10 Å². The number of benzene rings is 3. The number of nitrogens with zero attached hydrogens (tertiary/aromatic N) is 4. The maximum Gasteiger partial charge on any atom is 0.313 e. The predicted molar refractivity (Wildman–Crippen MR) is 150 cm³/mol. The maximum atomic E-state index is 13.3. The van der Waals surface area contributed by atoms with E-state index in [1.54, 1.807) is 30.3 Å². The SMILES string of the molecule is CC[C@H](C)c1nc2ccc(Br)cc2c(=O)n1N=Cc1cc(Cl)c(OCc2ccc3c(c2)OCO3)c([N+](=O)[O-])c1. The van der Waals surface area contributed by atoms with Crippen LogP contribution in [0.25, 0.3) is 10.9 Å². The number of rotatable bonds is 8. The quantitative estimate of drug-likeness (QED) is 0.128. The molecule has 0 saturated carbocycles. The van der Waals surface area contributed by atoms with Gasteiger partial charge in [0.1, 0.15) is 12.4 Å². The average Bonchev–Trinajstić information content (AvgIpc) is 3.39. The number of halogens is 2. The molecule has 0 amide bonds. The smallest absolute Gasteiger partial charge is 0.313 e. The van der Waals surface area contributed by atoms with E-state index in [4.69, 9.17) is 25.8 Å². The van der Waals surface area contributed by atoms with Gasteiger partial charge in [0, 0.05) is 22.0 Å². The molecule has 0 fully saturated rings. The van der Waals surface area contributed by atoms with E-state index in [-0.39, 0.29) is 41.3 Å². The molecule has 10 nitrogen and oxygen atoms in total. The van der Waals surface area contributed by atoms with Gasteiger partial charge in [0.25, 0.3) is 5.56 Å². The van der Waals surface area contributed by atoms with Crippen molar-refractivity contribution in [1.29, 1.82) is 0 Å². The number of hydrogen-bond acceptors (Lipinski definition) is 8. The van der Waals surface area contributed by atoms with Gasteiger partial charge in [0.2, 0.25) is 12.5 Å². The Hall–Kier alpha value is -3.96. The van der Waals surface area contributed by atoms with Crippen molar-refractivity contribution in [3.8, 4) is 17.2 Å². The molecule has 0 N–H and O–H groups in total. The monoisotopic (exact) mass is 612 g/mol. The molecule has 2 heterocycles. The van der Waals surface area contributed by atoms with Crippen molar-refractivity contribution in [2.45, 2.75) is 32.8 Å². The van der Waals surface area contributed by atoms with Crippen LogP contribution in [0.3, 0.4) is 0 Å². The third-order valence-corrected chi connectivity index (χ3v) is 7.05. The first kappa shape index (κ1) is 26.6. The van der Waals surface area contributed by atoms with Gasteiger partial charge in [-0.05, 0) is 48.4 Å². The lowest BCUT2D eigenvalue weighted by atomic mass is 10.1. The summed E-state index contributed by atoms with van der Waals surface area (Å²) in [7, 11) is 0. The maximum absolute atomic E-state index is 13.3. The van der Waals surface area contributed by atoms with Crippen molar-refractivity contribution in [2.75, 3.05) is 6.79 Å². The van der Waals surface area contributed by atoms with Gasteiger partial charge in [-0.2, -0.15) is 9.78 Å². The van der Waals surface area contributed by atoms with Gasteiger partial charge >= 0.3 is 5.69 Å². The van der Waals surface area contributed by atoms with Crippen molar-refractivity contribution < 1.29 is 19.1 Å². The molecule has 1 aliphatic heterocycles. The van der Waals surface area contributed by atoms with Crippen LogP contribution in [0.4, 0.5) is 5.69 Å². The first-order valence-electron chi connectivity index (χ1n) is 12.0. The average molecular weight is 614 g/mol. The lowest BCUT2D eigenvalue weighted by Gasteiger charge is -2.14. The van der Waals surface area contributed by atoms with Crippen LogP contribution in [0, 0.1) is 10.1 Å². The van der Waals surface area contributed by atoms with Gasteiger partial charge in [0.05, 0.1) is 27.1 Å². The van der Waals surface area contributed by atoms with E-state index in [1.807, 2.05) is 19.9 Å². The van der Waals surface area contributed by atoms with E-state index in [0.29, 0.717) is 33.8 Å². The summed E-state index contributed by atoms with van der Waals surface area (Å²) >= 11 is 9.82. The summed E-state index contributed by atoms with van der Waals surface area (Å²) in [4.78, 5) is 29.3. The van der Waals surface area contributed by atoms with Crippen LogP contribution in [0.15, 0.2) is 62.9 Å². The van der Waals surface area contributed by atoms with Crippen molar-refractivity contribution >= 4 is 50.3 Å².